The van der Waals surface area contributed by atoms with Crippen LogP contribution in [0, 0.1) is 28.9 Å². The zero-order chi connectivity index (χ0) is 10.6. The molecular weight excluding hydrogens is 184 g/mol. The van der Waals surface area contributed by atoms with E-state index in [9.17, 15) is 10.1 Å². The van der Waals surface area contributed by atoms with E-state index in [1.54, 1.807) is 6.92 Å². The SMILES string of the molecule is Cc1cc(C#CCO)ncc1[N+](=O)[O-]. The Morgan fingerprint density at radius 3 is 2.93 bits per heavy atom. The lowest BCUT2D eigenvalue weighted by atomic mass is 10.2. The quantitative estimate of drug-likeness (QED) is 0.402. The van der Waals surface area contributed by atoms with Gasteiger partial charge >= 0.3 is 0 Å². The third kappa shape index (κ3) is 2.28. The molecule has 0 fully saturated rings. The Morgan fingerprint density at radius 1 is 1.71 bits per heavy atom. The van der Waals surface area contributed by atoms with E-state index in [0.29, 0.717) is 11.3 Å². The Bertz CT molecular complexity index is 418. The summed E-state index contributed by atoms with van der Waals surface area (Å²) in [5.41, 5.74) is 0.897. The fourth-order valence-electron chi connectivity index (χ4n) is 0.938. The molecule has 0 atom stereocenters. The minimum Gasteiger partial charge on any atom is -0.384 e. The summed E-state index contributed by atoms with van der Waals surface area (Å²) in [5, 5.41) is 18.9. The maximum absolute atomic E-state index is 10.4. The Balaban J connectivity index is 3.06. The van der Waals surface area contributed by atoms with E-state index in [2.05, 4.69) is 16.8 Å². The van der Waals surface area contributed by atoms with Crippen LogP contribution in [0.1, 0.15) is 11.3 Å². The first-order valence-electron chi connectivity index (χ1n) is 3.86. The van der Waals surface area contributed by atoms with Gasteiger partial charge in [0.05, 0.1) is 4.92 Å². The second-order valence-corrected chi connectivity index (χ2v) is 2.57. The van der Waals surface area contributed by atoms with Crippen molar-refractivity contribution in [3.05, 3.63) is 33.6 Å². The van der Waals surface area contributed by atoms with Crippen LogP contribution in [0.25, 0.3) is 0 Å². The van der Waals surface area contributed by atoms with Crippen molar-refractivity contribution in [2.24, 2.45) is 0 Å². The lowest BCUT2D eigenvalue weighted by molar-refractivity contribution is -0.385. The number of hydrogen-bond donors (Lipinski definition) is 1. The number of aromatic nitrogens is 1. The van der Waals surface area contributed by atoms with E-state index in [0.717, 1.165) is 6.20 Å². The highest BCUT2D eigenvalue weighted by molar-refractivity contribution is 5.41. The second-order valence-electron chi connectivity index (χ2n) is 2.57. The number of hydrogen-bond acceptors (Lipinski definition) is 4. The smallest absolute Gasteiger partial charge is 0.290 e. The van der Waals surface area contributed by atoms with Crippen molar-refractivity contribution < 1.29 is 10.0 Å². The predicted molar refractivity (Wildman–Crippen MR) is 49.6 cm³/mol. The van der Waals surface area contributed by atoms with Crippen LogP contribution in [0.3, 0.4) is 0 Å². The van der Waals surface area contributed by atoms with Crippen molar-refractivity contribution in [1.82, 2.24) is 4.98 Å². The molecule has 0 unspecified atom stereocenters. The van der Waals surface area contributed by atoms with Crippen LogP contribution in [-0.2, 0) is 0 Å². The summed E-state index contributed by atoms with van der Waals surface area (Å²) >= 11 is 0. The molecule has 1 rings (SSSR count). The summed E-state index contributed by atoms with van der Waals surface area (Å²) < 4.78 is 0. The molecule has 0 bridgehead atoms. The molecule has 0 saturated carbocycles. The van der Waals surface area contributed by atoms with E-state index in [1.165, 1.54) is 6.07 Å². The summed E-state index contributed by atoms with van der Waals surface area (Å²) in [6.07, 6.45) is 1.16. The van der Waals surface area contributed by atoms with Crippen LogP contribution in [0.4, 0.5) is 5.69 Å². The highest BCUT2D eigenvalue weighted by Gasteiger charge is 2.10. The van der Waals surface area contributed by atoms with Gasteiger partial charge in [-0.3, -0.25) is 10.1 Å². The minimum absolute atomic E-state index is 0.0282. The molecule has 72 valence electrons. The van der Waals surface area contributed by atoms with Gasteiger partial charge in [-0.15, -0.1) is 0 Å². The van der Waals surface area contributed by atoms with E-state index in [-0.39, 0.29) is 12.3 Å². The Kier molecular flexibility index (Phi) is 3.15. The van der Waals surface area contributed by atoms with Gasteiger partial charge in [-0.25, -0.2) is 4.98 Å². The van der Waals surface area contributed by atoms with Gasteiger partial charge in [-0.2, -0.15) is 0 Å². The third-order valence-electron chi connectivity index (χ3n) is 1.58. The molecule has 5 nitrogen and oxygen atoms in total. The second kappa shape index (κ2) is 4.35. The normalized spacial score (nSPS) is 9.00. The first-order valence-corrected chi connectivity index (χ1v) is 3.86. The number of aliphatic hydroxyl groups excluding tert-OH is 1. The number of pyridine rings is 1. The molecule has 1 aromatic heterocycles. The van der Waals surface area contributed by atoms with E-state index < -0.39 is 4.92 Å². The third-order valence-corrected chi connectivity index (χ3v) is 1.58. The monoisotopic (exact) mass is 192 g/mol. The Morgan fingerprint density at radius 2 is 2.43 bits per heavy atom. The van der Waals surface area contributed by atoms with Crippen molar-refractivity contribution in [2.45, 2.75) is 6.92 Å². The van der Waals surface area contributed by atoms with Crippen LogP contribution >= 0.6 is 0 Å². The fourth-order valence-corrected chi connectivity index (χ4v) is 0.938. The summed E-state index contributed by atoms with van der Waals surface area (Å²) in [4.78, 5) is 13.7. The van der Waals surface area contributed by atoms with Gasteiger partial charge < -0.3 is 5.11 Å². The molecule has 0 radical (unpaired) electrons. The summed E-state index contributed by atoms with van der Waals surface area (Å²) in [6.45, 7) is 1.36. The minimum atomic E-state index is -0.494. The Labute approximate surface area is 80.6 Å². The summed E-state index contributed by atoms with van der Waals surface area (Å²) in [5.74, 6) is 4.98. The average molecular weight is 192 g/mol. The van der Waals surface area contributed by atoms with E-state index in [4.69, 9.17) is 5.11 Å². The van der Waals surface area contributed by atoms with Crippen molar-refractivity contribution in [3.63, 3.8) is 0 Å². The Hall–Kier alpha value is -1.93. The molecule has 1 aromatic rings. The van der Waals surface area contributed by atoms with Crippen molar-refractivity contribution in [1.29, 1.82) is 0 Å². The maximum atomic E-state index is 10.4. The molecule has 1 heterocycles. The summed E-state index contributed by atoms with van der Waals surface area (Å²) in [7, 11) is 0. The van der Waals surface area contributed by atoms with Crippen molar-refractivity contribution >= 4 is 5.69 Å². The summed E-state index contributed by atoms with van der Waals surface area (Å²) in [6, 6.07) is 1.51. The number of nitro groups is 1. The van der Waals surface area contributed by atoms with Gasteiger partial charge in [-0.1, -0.05) is 5.92 Å². The molecule has 0 spiro atoms. The van der Waals surface area contributed by atoms with E-state index >= 15 is 0 Å². The average Bonchev–Trinajstić information content (AvgIpc) is 2.14. The van der Waals surface area contributed by atoms with Crippen LogP contribution in [-0.4, -0.2) is 21.6 Å². The maximum Gasteiger partial charge on any atom is 0.290 e. The highest BCUT2D eigenvalue weighted by atomic mass is 16.6. The van der Waals surface area contributed by atoms with Gasteiger partial charge in [-0.05, 0) is 18.9 Å². The standard InChI is InChI=1S/C9H8N2O3/c1-7-5-8(3-2-4-12)10-6-9(7)11(13)14/h5-6,12H,4H2,1H3. The molecule has 0 saturated heterocycles. The van der Waals surface area contributed by atoms with Gasteiger partial charge in [0.1, 0.15) is 18.5 Å². The molecule has 0 aromatic carbocycles. The van der Waals surface area contributed by atoms with Gasteiger partial charge in [0.25, 0.3) is 5.69 Å². The molecule has 0 aliphatic carbocycles. The molecule has 0 aliphatic rings. The lowest BCUT2D eigenvalue weighted by Crippen LogP contribution is -1.94. The first kappa shape index (κ1) is 10.2. The van der Waals surface area contributed by atoms with E-state index in [1.807, 2.05) is 0 Å². The molecule has 5 heteroatoms. The zero-order valence-electron chi connectivity index (χ0n) is 7.52. The van der Waals surface area contributed by atoms with Crippen LogP contribution in [0.2, 0.25) is 0 Å². The molecular formula is C9H8N2O3. The number of aliphatic hydroxyl groups is 1. The largest absolute Gasteiger partial charge is 0.384 e. The molecule has 1 N–H and O–H groups in total. The first-order chi connectivity index (χ1) is 6.65. The van der Waals surface area contributed by atoms with Gasteiger partial charge in [0, 0.05) is 5.56 Å². The molecule has 0 amide bonds. The number of nitrogens with zero attached hydrogens (tertiary/aromatic N) is 2. The van der Waals surface area contributed by atoms with Gasteiger partial charge in [0.2, 0.25) is 0 Å². The van der Waals surface area contributed by atoms with Crippen LogP contribution in [0.15, 0.2) is 12.3 Å². The number of rotatable bonds is 1. The predicted octanol–water partition coefficient (Wildman–Crippen LogP) is 0.642. The van der Waals surface area contributed by atoms with Crippen LogP contribution in [0.5, 0.6) is 0 Å². The van der Waals surface area contributed by atoms with Crippen LogP contribution < -0.4 is 0 Å². The molecule has 14 heavy (non-hydrogen) atoms. The lowest BCUT2D eigenvalue weighted by Gasteiger charge is -1.95. The fraction of sp³-hybridized carbons (Fsp3) is 0.222. The number of aryl methyl sites for hydroxylation is 1. The topological polar surface area (TPSA) is 76.3 Å². The molecule has 0 aliphatic heterocycles. The van der Waals surface area contributed by atoms with Crippen molar-refractivity contribution in [2.75, 3.05) is 6.61 Å². The highest BCUT2D eigenvalue weighted by Crippen LogP contribution is 2.15. The van der Waals surface area contributed by atoms with Gasteiger partial charge in [0.15, 0.2) is 0 Å². The van der Waals surface area contributed by atoms with Crippen molar-refractivity contribution in [3.8, 4) is 11.8 Å². The zero-order valence-corrected chi connectivity index (χ0v) is 7.52.